The third-order valence-electron chi connectivity index (χ3n) is 2.44. The number of carbonyl (C=O) groups is 3. The van der Waals surface area contributed by atoms with Gasteiger partial charge in [0.05, 0.1) is 33.3 Å². The summed E-state index contributed by atoms with van der Waals surface area (Å²) in [7, 11) is 3.94. The Morgan fingerprint density at radius 2 is 1.74 bits per heavy atom. The van der Waals surface area contributed by atoms with Gasteiger partial charge in [0.2, 0.25) is 5.78 Å². The molecule has 1 aromatic carbocycles. The van der Waals surface area contributed by atoms with Crippen LogP contribution in [0, 0.1) is 0 Å². The fraction of sp³-hybridized carbons (Fsp3) is 0.308. The van der Waals surface area contributed by atoms with Gasteiger partial charge in [-0.1, -0.05) is 0 Å². The van der Waals surface area contributed by atoms with Crippen molar-refractivity contribution in [1.82, 2.24) is 0 Å². The molecule has 0 atom stereocenters. The first kappa shape index (κ1) is 14.7. The van der Waals surface area contributed by atoms with Gasteiger partial charge in [-0.2, -0.15) is 0 Å². The zero-order valence-electron chi connectivity index (χ0n) is 10.9. The number of hydrogen-bond donors (Lipinski definition) is 0. The van der Waals surface area contributed by atoms with E-state index in [0.29, 0.717) is 11.5 Å². The van der Waals surface area contributed by atoms with E-state index in [4.69, 9.17) is 9.47 Å². The Balaban J connectivity index is 2.98. The van der Waals surface area contributed by atoms with Gasteiger partial charge < -0.3 is 14.2 Å². The van der Waals surface area contributed by atoms with Crippen molar-refractivity contribution in [2.45, 2.75) is 6.42 Å². The van der Waals surface area contributed by atoms with Gasteiger partial charge in [-0.3, -0.25) is 9.59 Å². The van der Waals surface area contributed by atoms with Crippen molar-refractivity contribution >= 4 is 17.5 Å². The van der Waals surface area contributed by atoms with Crippen molar-refractivity contribution in [3.05, 3.63) is 23.8 Å². The largest absolute Gasteiger partial charge is 0.497 e. The lowest BCUT2D eigenvalue weighted by Gasteiger charge is -2.09. The highest BCUT2D eigenvalue weighted by molar-refractivity contribution is 6.38. The minimum atomic E-state index is -1.05. The summed E-state index contributed by atoms with van der Waals surface area (Å²) in [5.74, 6) is -1.73. The first-order chi connectivity index (χ1) is 9.03. The monoisotopic (exact) mass is 266 g/mol. The first-order valence-corrected chi connectivity index (χ1v) is 5.39. The number of Topliss-reactive ketones (excluding diaryl/α,β-unsaturated/α-hetero) is 2. The quantitative estimate of drug-likeness (QED) is 0.331. The molecule has 0 fully saturated rings. The van der Waals surface area contributed by atoms with E-state index in [1.165, 1.54) is 20.3 Å². The minimum absolute atomic E-state index is 0.180. The minimum Gasteiger partial charge on any atom is -0.497 e. The van der Waals surface area contributed by atoms with Crippen LogP contribution in [0.2, 0.25) is 0 Å². The molecule has 0 aromatic heterocycles. The van der Waals surface area contributed by atoms with E-state index in [0.717, 1.165) is 7.11 Å². The first-order valence-electron chi connectivity index (χ1n) is 5.39. The van der Waals surface area contributed by atoms with Crippen LogP contribution in [0.3, 0.4) is 0 Å². The van der Waals surface area contributed by atoms with Gasteiger partial charge in [0.25, 0.3) is 0 Å². The average Bonchev–Trinajstić information content (AvgIpc) is 2.45. The van der Waals surface area contributed by atoms with Crippen molar-refractivity contribution in [3.8, 4) is 11.5 Å². The fourth-order valence-electron chi connectivity index (χ4n) is 1.46. The maximum absolute atomic E-state index is 12.0. The standard InChI is InChI=1S/C13H14O6/c1-17-8-4-5-12(18-2)9(6-8)10(14)7-11(15)13(16)19-3/h4-6H,7H2,1-3H3. The number of hydrogen-bond acceptors (Lipinski definition) is 6. The lowest BCUT2D eigenvalue weighted by atomic mass is 10.0. The van der Waals surface area contributed by atoms with Crippen LogP contribution in [0.1, 0.15) is 16.8 Å². The molecule has 0 heterocycles. The molecule has 0 unspecified atom stereocenters. The van der Waals surface area contributed by atoms with Crippen molar-refractivity contribution in [1.29, 1.82) is 0 Å². The van der Waals surface area contributed by atoms with Crippen LogP contribution >= 0.6 is 0 Å². The van der Waals surface area contributed by atoms with Crippen LogP contribution in [0.25, 0.3) is 0 Å². The predicted octanol–water partition coefficient (Wildman–Crippen LogP) is 1.02. The van der Waals surface area contributed by atoms with Gasteiger partial charge in [-0.15, -0.1) is 0 Å². The summed E-state index contributed by atoms with van der Waals surface area (Å²) in [5, 5.41) is 0. The molecule has 19 heavy (non-hydrogen) atoms. The lowest BCUT2D eigenvalue weighted by molar-refractivity contribution is -0.151. The van der Waals surface area contributed by atoms with Crippen LogP contribution in [-0.2, 0) is 14.3 Å². The van der Waals surface area contributed by atoms with E-state index >= 15 is 0 Å². The average molecular weight is 266 g/mol. The Hall–Kier alpha value is -2.37. The van der Waals surface area contributed by atoms with E-state index in [-0.39, 0.29) is 5.56 Å². The molecule has 6 nitrogen and oxygen atoms in total. The second kappa shape index (κ2) is 6.53. The molecule has 1 aromatic rings. The van der Waals surface area contributed by atoms with Crippen molar-refractivity contribution < 1.29 is 28.6 Å². The third kappa shape index (κ3) is 3.54. The molecule has 0 saturated carbocycles. The molecule has 1 rings (SSSR count). The van der Waals surface area contributed by atoms with Gasteiger partial charge in [0, 0.05) is 0 Å². The summed E-state index contributed by atoms with van der Waals surface area (Å²) in [6.07, 6.45) is -0.573. The Morgan fingerprint density at radius 1 is 1.05 bits per heavy atom. The maximum atomic E-state index is 12.0. The molecule has 0 radical (unpaired) electrons. The van der Waals surface area contributed by atoms with Crippen molar-refractivity contribution in [3.63, 3.8) is 0 Å². The van der Waals surface area contributed by atoms with Gasteiger partial charge in [-0.05, 0) is 18.2 Å². The Morgan fingerprint density at radius 3 is 2.26 bits per heavy atom. The van der Waals surface area contributed by atoms with Crippen LogP contribution < -0.4 is 9.47 Å². The normalized spacial score (nSPS) is 9.63. The molecule has 0 N–H and O–H groups in total. The Labute approximate surface area is 110 Å². The number of rotatable bonds is 6. The van der Waals surface area contributed by atoms with E-state index in [9.17, 15) is 14.4 Å². The highest BCUT2D eigenvalue weighted by Crippen LogP contribution is 2.25. The zero-order valence-corrected chi connectivity index (χ0v) is 10.9. The van der Waals surface area contributed by atoms with Crippen LogP contribution in [0.15, 0.2) is 18.2 Å². The molecule has 0 bridgehead atoms. The number of ether oxygens (including phenoxy) is 3. The number of esters is 1. The highest BCUT2D eigenvalue weighted by atomic mass is 16.5. The third-order valence-corrected chi connectivity index (χ3v) is 2.44. The molecule has 0 amide bonds. The van der Waals surface area contributed by atoms with E-state index < -0.39 is 24.0 Å². The second-order valence-electron chi connectivity index (χ2n) is 3.58. The maximum Gasteiger partial charge on any atom is 0.374 e. The highest BCUT2D eigenvalue weighted by Gasteiger charge is 2.22. The number of methoxy groups -OCH3 is 3. The molecule has 6 heteroatoms. The summed E-state index contributed by atoms with van der Waals surface area (Å²) in [6, 6.07) is 4.62. The number of carbonyl (C=O) groups excluding carboxylic acids is 3. The summed E-state index contributed by atoms with van der Waals surface area (Å²) in [4.78, 5) is 34.3. The fourth-order valence-corrected chi connectivity index (χ4v) is 1.46. The Bertz CT molecular complexity index is 506. The predicted molar refractivity (Wildman–Crippen MR) is 65.5 cm³/mol. The molecule has 102 valence electrons. The number of benzene rings is 1. The van der Waals surface area contributed by atoms with E-state index in [1.807, 2.05) is 0 Å². The van der Waals surface area contributed by atoms with Gasteiger partial charge in [0.1, 0.15) is 11.5 Å². The smallest absolute Gasteiger partial charge is 0.374 e. The molecule has 0 aliphatic carbocycles. The second-order valence-corrected chi connectivity index (χ2v) is 3.58. The summed E-state index contributed by atoms with van der Waals surface area (Å²) in [6.45, 7) is 0. The van der Waals surface area contributed by atoms with Gasteiger partial charge >= 0.3 is 5.97 Å². The SMILES string of the molecule is COC(=O)C(=O)CC(=O)c1cc(OC)ccc1OC. The van der Waals surface area contributed by atoms with Crippen LogP contribution in [0.5, 0.6) is 11.5 Å². The van der Waals surface area contributed by atoms with Gasteiger partial charge in [0.15, 0.2) is 5.78 Å². The topological polar surface area (TPSA) is 78.9 Å². The molecular weight excluding hydrogens is 252 g/mol. The van der Waals surface area contributed by atoms with Crippen LogP contribution in [-0.4, -0.2) is 38.9 Å². The van der Waals surface area contributed by atoms with E-state index in [1.54, 1.807) is 12.1 Å². The molecule has 0 aliphatic rings. The molecule has 0 aliphatic heterocycles. The lowest BCUT2D eigenvalue weighted by Crippen LogP contribution is -2.19. The number of ketones is 2. The van der Waals surface area contributed by atoms with Crippen molar-refractivity contribution in [2.24, 2.45) is 0 Å². The zero-order chi connectivity index (χ0) is 14.4. The van der Waals surface area contributed by atoms with Crippen molar-refractivity contribution in [2.75, 3.05) is 21.3 Å². The summed E-state index contributed by atoms with van der Waals surface area (Å²) < 4.78 is 14.3. The van der Waals surface area contributed by atoms with Gasteiger partial charge in [-0.25, -0.2) is 4.79 Å². The molecule has 0 spiro atoms. The molecule has 0 saturated heterocycles. The summed E-state index contributed by atoms with van der Waals surface area (Å²) in [5.41, 5.74) is 0.180. The van der Waals surface area contributed by atoms with E-state index in [2.05, 4.69) is 4.74 Å². The summed E-state index contributed by atoms with van der Waals surface area (Å²) >= 11 is 0. The Kier molecular flexibility index (Phi) is 5.05. The molecular formula is C13H14O6. The van der Waals surface area contributed by atoms with Crippen LogP contribution in [0.4, 0.5) is 0 Å².